The third-order valence-electron chi connectivity index (χ3n) is 7.95. The van der Waals surface area contributed by atoms with Gasteiger partial charge in [-0.15, -0.1) is 0 Å². The number of ketones is 1. The molecule has 0 saturated carbocycles. The number of hydrogen-bond donors (Lipinski definition) is 5. The summed E-state index contributed by atoms with van der Waals surface area (Å²) < 4.78 is 16.2. The number of rotatable bonds is 32. The lowest BCUT2D eigenvalue weighted by Crippen LogP contribution is -2.51. The van der Waals surface area contributed by atoms with Gasteiger partial charge in [-0.25, -0.2) is 0 Å². The van der Waals surface area contributed by atoms with Crippen LogP contribution in [0.5, 0.6) is 0 Å². The predicted molar refractivity (Wildman–Crippen MR) is 184 cm³/mol. The van der Waals surface area contributed by atoms with Crippen LogP contribution in [0.1, 0.15) is 105 Å². The van der Waals surface area contributed by atoms with Gasteiger partial charge in [-0.3, -0.25) is 33.8 Å². The number of nitrogens with zero attached hydrogens (tertiary/aromatic N) is 2. The highest BCUT2D eigenvalue weighted by Gasteiger charge is 2.32. The second-order valence-corrected chi connectivity index (χ2v) is 12.7. The fraction of sp³-hybridized carbons (Fsp3) is 0.857. The molecule has 50 heavy (non-hydrogen) atoms. The first-order valence-electron chi connectivity index (χ1n) is 18.1. The van der Waals surface area contributed by atoms with Gasteiger partial charge in [0.15, 0.2) is 0 Å². The van der Waals surface area contributed by atoms with E-state index in [1.165, 1.54) is 4.90 Å². The van der Waals surface area contributed by atoms with Gasteiger partial charge in [-0.1, -0.05) is 34.1 Å². The number of unbranched alkanes of at least 4 members (excludes halogenated alkanes) is 1. The lowest BCUT2D eigenvalue weighted by molar-refractivity contribution is -0.157. The highest BCUT2D eigenvalue weighted by Crippen LogP contribution is 2.17. The molecular weight excluding hydrogens is 656 g/mol. The summed E-state index contributed by atoms with van der Waals surface area (Å²) in [6, 6.07) is -1.17. The van der Waals surface area contributed by atoms with Crippen LogP contribution in [0.15, 0.2) is 0 Å². The quantitative estimate of drug-likeness (QED) is 0.0379. The van der Waals surface area contributed by atoms with Crippen molar-refractivity contribution < 1.29 is 63.7 Å². The van der Waals surface area contributed by atoms with E-state index in [9.17, 15) is 49.5 Å². The van der Waals surface area contributed by atoms with Gasteiger partial charge in [-0.2, -0.15) is 0 Å². The van der Waals surface area contributed by atoms with Crippen molar-refractivity contribution in [3.63, 3.8) is 0 Å². The first kappa shape index (κ1) is 47.3. The summed E-state index contributed by atoms with van der Waals surface area (Å²) in [5.74, 6) is -3.12. The van der Waals surface area contributed by atoms with Crippen LogP contribution in [-0.2, 0) is 38.2 Å². The number of aliphatic hydroxyl groups excluding tert-OH is 4. The van der Waals surface area contributed by atoms with Crippen LogP contribution in [0, 0.1) is 5.92 Å². The van der Waals surface area contributed by atoms with Gasteiger partial charge in [0.1, 0.15) is 30.1 Å². The zero-order valence-corrected chi connectivity index (χ0v) is 30.6. The number of carboxylic acid groups (broad SMARTS) is 1. The van der Waals surface area contributed by atoms with Crippen molar-refractivity contribution in [2.75, 3.05) is 59.2 Å². The van der Waals surface area contributed by atoms with E-state index in [2.05, 4.69) is 0 Å². The number of Topliss-reactive ketones (excluding diaryl/α,β-unsaturated/α-hetero) is 1. The van der Waals surface area contributed by atoms with E-state index in [0.717, 1.165) is 0 Å². The largest absolute Gasteiger partial charge is 0.480 e. The molecule has 15 nitrogen and oxygen atoms in total. The Morgan fingerprint density at radius 2 is 1.02 bits per heavy atom. The summed E-state index contributed by atoms with van der Waals surface area (Å²) in [6.45, 7) is 5.89. The number of carboxylic acids is 1. The number of carbonyl (C=O) groups is 5. The third-order valence-corrected chi connectivity index (χ3v) is 7.95. The van der Waals surface area contributed by atoms with E-state index in [4.69, 9.17) is 14.2 Å². The summed E-state index contributed by atoms with van der Waals surface area (Å²) >= 11 is 0. The molecule has 0 fully saturated rings. The van der Waals surface area contributed by atoms with Crippen molar-refractivity contribution in [3.8, 4) is 0 Å². The van der Waals surface area contributed by atoms with Crippen LogP contribution in [0.2, 0.25) is 0 Å². The number of aliphatic carboxylic acids is 1. The first-order valence-corrected chi connectivity index (χ1v) is 18.1. The Morgan fingerprint density at radius 1 is 0.580 bits per heavy atom. The lowest BCUT2D eigenvalue weighted by atomic mass is 9.99. The van der Waals surface area contributed by atoms with Gasteiger partial charge in [0.25, 0.3) is 0 Å². The van der Waals surface area contributed by atoms with Crippen LogP contribution in [0.4, 0.5) is 0 Å². The van der Waals surface area contributed by atoms with Gasteiger partial charge >= 0.3 is 23.9 Å². The van der Waals surface area contributed by atoms with Crippen molar-refractivity contribution in [1.82, 2.24) is 9.80 Å². The van der Waals surface area contributed by atoms with Crippen molar-refractivity contribution in [3.05, 3.63) is 0 Å². The molecule has 0 rings (SSSR count). The van der Waals surface area contributed by atoms with Gasteiger partial charge in [0, 0.05) is 70.8 Å². The summed E-state index contributed by atoms with van der Waals surface area (Å²) in [7, 11) is 0. The number of aliphatic hydroxyl groups is 4. The molecule has 0 amide bonds. The van der Waals surface area contributed by atoms with E-state index < -0.39 is 74.0 Å². The minimum Gasteiger partial charge on any atom is -0.480 e. The molecule has 0 radical (unpaired) electrons. The zero-order chi connectivity index (χ0) is 37.9. The molecule has 0 aliphatic rings. The molecule has 0 saturated heterocycles. The van der Waals surface area contributed by atoms with E-state index in [0.29, 0.717) is 51.5 Å². The average molecular weight is 721 g/mol. The first-order chi connectivity index (χ1) is 23.9. The molecule has 15 heteroatoms. The maximum Gasteiger partial charge on any atom is 0.320 e. The van der Waals surface area contributed by atoms with Gasteiger partial charge in [0.05, 0.1) is 19.8 Å². The van der Waals surface area contributed by atoms with E-state index >= 15 is 0 Å². The summed E-state index contributed by atoms with van der Waals surface area (Å²) in [5.41, 5.74) is 0. The molecule has 292 valence electrons. The Morgan fingerprint density at radius 3 is 1.40 bits per heavy atom. The molecule has 0 bridgehead atoms. The molecule has 0 aromatic carbocycles. The van der Waals surface area contributed by atoms with Gasteiger partial charge in [-0.05, 0) is 45.1 Å². The fourth-order valence-electron chi connectivity index (χ4n) is 5.53. The maximum absolute atomic E-state index is 12.6. The number of ether oxygens (including phenoxy) is 3. The summed E-state index contributed by atoms with van der Waals surface area (Å²) in [4.78, 5) is 64.8. The topological polar surface area (TPSA) is 221 Å². The molecule has 5 unspecified atom stereocenters. The molecule has 5 N–H and O–H groups in total. The molecule has 5 atom stereocenters. The Kier molecular flexibility index (Phi) is 27.4. The third kappa shape index (κ3) is 21.5. The van der Waals surface area contributed by atoms with Crippen molar-refractivity contribution in [1.29, 1.82) is 0 Å². The summed E-state index contributed by atoms with van der Waals surface area (Å²) in [6.07, 6.45) is 1.22. The molecular formula is C35H64N2O13. The van der Waals surface area contributed by atoms with Crippen LogP contribution in [0.3, 0.4) is 0 Å². The minimum atomic E-state index is -1.20. The Bertz CT molecular complexity index is 907. The predicted octanol–water partition coefficient (Wildman–Crippen LogP) is 1.69. The van der Waals surface area contributed by atoms with E-state index in [1.807, 2.05) is 18.7 Å². The molecule has 0 aromatic rings. The number of esters is 3. The maximum atomic E-state index is 12.6. The Labute approximate surface area is 297 Å². The van der Waals surface area contributed by atoms with E-state index in [1.54, 1.807) is 13.8 Å². The summed E-state index contributed by atoms with van der Waals surface area (Å²) in [5, 5.41) is 50.2. The smallest absolute Gasteiger partial charge is 0.320 e. The van der Waals surface area contributed by atoms with Crippen molar-refractivity contribution in [2.24, 2.45) is 5.92 Å². The Balaban J connectivity index is 5.99. The normalized spacial score (nSPS) is 14.5. The number of carbonyl (C=O) groups excluding carboxylic acids is 4. The molecule has 0 aliphatic heterocycles. The second kappa shape index (κ2) is 28.9. The van der Waals surface area contributed by atoms with Crippen LogP contribution >= 0.6 is 0 Å². The van der Waals surface area contributed by atoms with Crippen molar-refractivity contribution in [2.45, 2.75) is 129 Å². The number of hydrogen-bond acceptors (Lipinski definition) is 14. The van der Waals surface area contributed by atoms with Crippen LogP contribution < -0.4 is 0 Å². The van der Waals surface area contributed by atoms with Crippen molar-refractivity contribution >= 4 is 29.7 Å². The van der Waals surface area contributed by atoms with Crippen LogP contribution in [-0.4, -0.2) is 148 Å². The zero-order valence-electron chi connectivity index (χ0n) is 30.6. The minimum absolute atomic E-state index is 0.0205. The SMILES string of the molecule is CCCC(=O)CC(CO)CN(CCCCC(C(=O)O)N(CC(CO)OC(=O)CCC)CC(CO)OC(=O)CCC)CC(CO)OC(=O)CCC. The molecule has 0 spiro atoms. The fourth-order valence-corrected chi connectivity index (χ4v) is 5.53. The lowest BCUT2D eigenvalue weighted by Gasteiger charge is -2.34. The highest BCUT2D eigenvalue weighted by molar-refractivity contribution is 5.78. The van der Waals surface area contributed by atoms with Gasteiger partial charge in [0.2, 0.25) is 0 Å². The monoisotopic (exact) mass is 720 g/mol. The molecule has 0 aliphatic carbocycles. The highest BCUT2D eigenvalue weighted by atomic mass is 16.6. The van der Waals surface area contributed by atoms with Gasteiger partial charge < -0.3 is 39.7 Å². The average Bonchev–Trinajstić information content (AvgIpc) is 3.06. The second-order valence-electron chi connectivity index (χ2n) is 12.7. The Hall–Kier alpha value is -2.69. The van der Waals surface area contributed by atoms with E-state index in [-0.39, 0.29) is 70.7 Å². The standard InChI is InChI=1S/C35H64N2O13/c1-5-11-27(42)17-26(22-38)18-36(19-28(23-39)48-32(43)12-6-2)16-10-9-15-31(35(46)47)37(20-29(24-40)49-33(44)13-7-3)21-30(25-41)50-34(45)14-8-4/h26,28-31,38-41H,5-25H2,1-4H3,(H,46,47). The molecule has 0 aromatic heterocycles. The van der Waals surface area contributed by atoms with Crippen LogP contribution in [0.25, 0.3) is 0 Å². The molecule has 0 heterocycles.